The summed E-state index contributed by atoms with van der Waals surface area (Å²) in [7, 11) is 0. The van der Waals surface area contributed by atoms with Crippen LogP contribution in [0.4, 0.5) is 0 Å². The van der Waals surface area contributed by atoms with E-state index in [2.05, 4.69) is 26.0 Å². The Morgan fingerprint density at radius 1 is 1.24 bits per heavy atom. The number of rotatable bonds is 5. The molecule has 2 rings (SSSR count). The van der Waals surface area contributed by atoms with Gasteiger partial charge in [-0.2, -0.15) is 0 Å². The van der Waals surface area contributed by atoms with Crippen molar-refractivity contribution in [3.05, 3.63) is 48.8 Å². The molecule has 0 radical (unpaired) electrons. The largest absolute Gasteiger partial charge is 0.254 e. The van der Waals surface area contributed by atoms with E-state index in [0.717, 1.165) is 18.5 Å². The van der Waals surface area contributed by atoms with Gasteiger partial charge >= 0.3 is 0 Å². The lowest BCUT2D eigenvalue weighted by Gasteiger charge is -2.07. The van der Waals surface area contributed by atoms with Crippen LogP contribution in [-0.2, 0) is 0 Å². The second-order valence-electron chi connectivity index (χ2n) is 4.18. The predicted molar refractivity (Wildman–Crippen MR) is 66.9 cm³/mol. The number of hydrogen-bond acceptors (Lipinski definition) is 1. The molecule has 0 saturated carbocycles. The summed E-state index contributed by atoms with van der Waals surface area (Å²) in [5, 5.41) is 0. The molecule has 2 aromatic rings. The summed E-state index contributed by atoms with van der Waals surface area (Å²) in [5.74, 6) is 0. The zero-order valence-corrected chi connectivity index (χ0v) is 10.4. The summed E-state index contributed by atoms with van der Waals surface area (Å²) in [6.07, 6.45) is 6.34. The molecule has 0 aliphatic carbocycles. The van der Waals surface area contributed by atoms with Crippen molar-refractivity contribution in [3.8, 4) is 5.69 Å². The fourth-order valence-corrected chi connectivity index (χ4v) is 1.84. The van der Waals surface area contributed by atoms with Gasteiger partial charge in [0, 0.05) is 6.07 Å². The highest BCUT2D eigenvalue weighted by molar-refractivity contribution is 5.28. The molecule has 0 spiro atoms. The van der Waals surface area contributed by atoms with Gasteiger partial charge in [0.2, 0.25) is 0 Å². The maximum absolute atomic E-state index is 5.86. The van der Waals surface area contributed by atoms with Crippen LogP contribution < -0.4 is 9.68 Å². The first kappa shape index (κ1) is 11.7. The van der Waals surface area contributed by atoms with E-state index in [1.807, 2.05) is 41.3 Å². The van der Waals surface area contributed by atoms with E-state index in [0.29, 0.717) is 0 Å². The molecule has 90 valence electrons. The summed E-state index contributed by atoms with van der Waals surface area (Å²) in [4.78, 5) is 7.65. The molecule has 0 aliphatic heterocycles. The van der Waals surface area contributed by atoms with E-state index in [1.54, 1.807) is 4.85 Å². The average molecular weight is 231 g/mol. The van der Waals surface area contributed by atoms with Crippen LogP contribution in [0.1, 0.15) is 26.7 Å². The molecule has 1 aromatic carbocycles. The number of hydrogen-bond donors (Lipinski definition) is 0. The SMILES string of the molecule is CCCC(C)O[n+]1cccn1-c1ccccc1. The highest BCUT2D eigenvalue weighted by Gasteiger charge is 2.15. The maximum atomic E-state index is 5.86. The number of para-hydroxylation sites is 1. The van der Waals surface area contributed by atoms with Crippen molar-refractivity contribution in [2.75, 3.05) is 0 Å². The normalized spacial score (nSPS) is 12.4. The van der Waals surface area contributed by atoms with Crippen molar-refractivity contribution in [2.45, 2.75) is 32.8 Å². The lowest BCUT2D eigenvalue weighted by atomic mass is 10.2. The third kappa shape index (κ3) is 2.87. The van der Waals surface area contributed by atoms with Crippen LogP contribution in [0.15, 0.2) is 48.8 Å². The zero-order chi connectivity index (χ0) is 12.1. The van der Waals surface area contributed by atoms with E-state index >= 15 is 0 Å². The molecule has 0 fully saturated rings. The third-order valence-electron chi connectivity index (χ3n) is 2.66. The molecule has 0 saturated heterocycles. The number of nitrogens with zero attached hydrogens (tertiary/aromatic N) is 2. The molecule has 1 heterocycles. The Kier molecular flexibility index (Phi) is 3.81. The van der Waals surface area contributed by atoms with Gasteiger partial charge < -0.3 is 0 Å². The highest BCUT2D eigenvalue weighted by Crippen LogP contribution is 2.03. The van der Waals surface area contributed by atoms with Crippen LogP contribution in [0.3, 0.4) is 0 Å². The van der Waals surface area contributed by atoms with E-state index < -0.39 is 0 Å². The van der Waals surface area contributed by atoms with Crippen LogP contribution in [0.2, 0.25) is 0 Å². The first-order valence-electron chi connectivity index (χ1n) is 6.13. The van der Waals surface area contributed by atoms with Gasteiger partial charge in [0.25, 0.3) is 6.20 Å². The third-order valence-corrected chi connectivity index (χ3v) is 2.66. The maximum Gasteiger partial charge on any atom is 0.254 e. The van der Waals surface area contributed by atoms with Crippen LogP contribution in [0, 0.1) is 0 Å². The van der Waals surface area contributed by atoms with Gasteiger partial charge in [0.1, 0.15) is 10.5 Å². The van der Waals surface area contributed by atoms with Crippen molar-refractivity contribution in [3.63, 3.8) is 0 Å². The lowest BCUT2D eigenvalue weighted by Crippen LogP contribution is -2.52. The average Bonchev–Trinajstić information content (AvgIpc) is 2.78. The van der Waals surface area contributed by atoms with Gasteiger partial charge in [0.15, 0.2) is 6.10 Å². The Morgan fingerprint density at radius 2 is 2.00 bits per heavy atom. The van der Waals surface area contributed by atoms with Gasteiger partial charge in [-0.1, -0.05) is 36.2 Å². The fourth-order valence-electron chi connectivity index (χ4n) is 1.84. The molecular weight excluding hydrogens is 212 g/mol. The summed E-state index contributed by atoms with van der Waals surface area (Å²) < 4.78 is 1.99. The molecule has 0 aliphatic rings. The lowest BCUT2D eigenvalue weighted by molar-refractivity contribution is -0.951. The topological polar surface area (TPSA) is 18.0 Å². The van der Waals surface area contributed by atoms with Crippen molar-refractivity contribution < 1.29 is 9.68 Å². The van der Waals surface area contributed by atoms with Crippen molar-refractivity contribution >= 4 is 0 Å². The number of benzene rings is 1. The highest BCUT2D eigenvalue weighted by atomic mass is 16.7. The van der Waals surface area contributed by atoms with Gasteiger partial charge in [-0.25, -0.2) is 4.84 Å². The Labute approximate surface area is 102 Å². The Morgan fingerprint density at radius 3 is 2.71 bits per heavy atom. The van der Waals surface area contributed by atoms with Gasteiger partial charge in [0.05, 0.1) is 6.20 Å². The van der Waals surface area contributed by atoms with E-state index in [4.69, 9.17) is 4.84 Å². The molecule has 1 atom stereocenters. The van der Waals surface area contributed by atoms with Gasteiger partial charge in [-0.05, 0) is 25.5 Å². The molecule has 17 heavy (non-hydrogen) atoms. The smallest absolute Gasteiger partial charge is 0.244 e. The Balaban J connectivity index is 2.18. The summed E-state index contributed by atoms with van der Waals surface area (Å²) in [6.45, 7) is 4.26. The minimum absolute atomic E-state index is 0.224. The Hall–Kier alpha value is -1.77. The van der Waals surface area contributed by atoms with E-state index in [9.17, 15) is 0 Å². The molecule has 0 amide bonds. The standard InChI is InChI=1S/C14H19N2O/c1-3-8-13(2)17-16-12-7-11-15(16)14-9-5-4-6-10-14/h4-7,9-13H,3,8H2,1-2H3/q+1. The quantitative estimate of drug-likeness (QED) is 0.723. The monoisotopic (exact) mass is 231 g/mol. The van der Waals surface area contributed by atoms with Crippen molar-refractivity contribution in [2.24, 2.45) is 0 Å². The minimum atomic E-state index is 0.224. The van der Waals surface area contributed by atoms with Gasteiger partial charge in [-0.3, -0.25) is 0 Å². The van der Waals surface area contributed by atoms with Crippen LogP contribution >= 0.6 is 0 Å². The predicted octanol–water partition coefficient (Wildman–Crippen LogP) is 2.38. The molecule has 0 bridgehead atoms. The summed E-state index contributed by atoms with van der Waals surface area (Å²) in [6, 6.07) is 12.2. The van der Waals surface area contributed by atoms with E-state index in [-0.39, 0.29) is 6.10 Å². The van der Waals surface area contributed by atoms with Crippen LogP contribution in [0.25, 0.3) is 5.69 Å². The second kappa shape index (κ2) is 5.53. The summed E-state index contributed by atoms with van der Waals surface area (Å²) >= 11 is 0. The van der Waals surface area contributed by atoms with Gasteiger partial charge in [-0.15, -0.1) is 0 Å². The van der Waals surface area contributed by atoms with Crippen molar-refractivity contribution in [1.29, 1.82) is 0 Å². The molecule has 3 heteroatoms. The molecule has 3 nitrogen and oxygen atoms in total. The summed E-state index contributed by atoms with van der Waals surface area (Å²) in [5.41, 5.74) is 1.10. The molecule has 1 aromatic heterocycles. The first-order valence-corrected chi connectivity index (χ1v) is 6.13. The molecule has 0 N–H and O–H groups in total. The second-order valence-corrected chi connectivity index (χ2v) is 4.18. The number of aromatic nitrogens is 2. The fraction of sp³-hybridized carbons (Fsp3) is 0.357. The van der Waals surface area contributed by atoms with Crippen molar-refractivity contribution in [1.82, 2.24) is 4.68 Å². The Bertz CT molecular complexity index is 450. The van der Waals surface area contributed by atoms with Crippen LogP contribution in [-0.4, -0.2) is 10.8 Å². The molecular formula is C14H19N2O+. The first-order chi connectivity index (χ1) is 8.31. The minimum Gasteiger partial charge on any atom is -0.244 e. The molecule has 1 unspecified atom stereocenters. The van der Waals surface area contributed by atoms with E-state index in [1.165, 1.54) is 0 Å². The van der Waals surface area contributed by atoms with Crippen LogP contribution in [0.5, 0.6) is 0 Å². The zero-order valence-electron chi connectivity index (χ0n) is 10.4.